The van der Waals surface area contributed by atoms with E-state index in [1.54, 1.807) is 12.1 Å². The molecule has 28 heavy (non-hydrogen) atoms. The molecule has 0 aliphatic carbocycles. The van der Waals surface area contributed by atoms with Crippen LogP contribution in [0.2, 0.25) is 0 Å². The van der Waals surface area contributed by atoms with E-state index in [2.05, 4.69) is 34.5 Å². The molecule has 1 aliphatic heterocycles. The Bertz CT molecular complexity index is 721. The Morgan fingerprint density at radius 1 is 1.07 bits per heavy atom. The van der Waals surface area contributed by atoms with Crippen LogP contribution in [0.25, 0.3) is 0 Å². The Labute approximate surface area is 166 Å². The number of aryl methyl sites for hydroxylation is 1. The van der Waals surface area contributed by atoms with Crippen molar-refractivity contribution in [3.63, 3.8) is 0 Å². The average molecular weight is 384 g/mol. The molecule has 1 N–H and O–H groups in total. The van der Waals surface area contributed by atoms with Crippen molar-refractivity contribution >= 4 is 5.91 Å². The Balaban J connectivity index is 1.30. The molecule has 3 rings (SSSR count). The third kappa shape index (κ3) is 6.34. The molecular weight excluding hydrogens is 355 g/mol. The lowest BCUT2D eigenvalue weighted by atomic mass is 10.1. The first kappa shape index (κ1) is 20.3. The maximum absolute atomic E-state index is 12.9. The van der Waals surface area contributed by atoms with Crippen molar-refractivity contribution < 1.29 is 13.9 Å². The van der Waals surface area contributed by atoms with Gasteiger partial charge in [-0.15, -0.1) is 0 Å². The zero-order valence-corrected chi connectivity index (χ0v) is 16.3. The number of carbonyl (C=O) groups is 1. The number of amides is 1. The van der Waals surface area contributed by atoms with Gasteiger partial charge < -0.3 is 15.0 Å². The molecule has 0 radical (unpaired) electrons. The van der Waals surface area contributed by atoms with Crippen molar-refractivity contribution in [2.24, 2.45) is 0 Å². The fourth-order valence-electron chi connectivity index (χ4n) is 3.66. The number of hydrogen-bond donors (Lipinski definition) is 1. The number of ether oxygens (including phenoxy) is 1. The van der Waals surface area contributed by atoms with Gasteiger partial charge in [0.2, 0.25) is 5.91 Å². The van der Waals surface area contributed by atoms with Crippen LogP contribution in [0.15, 0.2) is 54.6 Å². The lowest BCUT2D eigenvalue weighted by Crippen LogP contribution is -2.36. The quantitative estimate of drug-likeness (QED) is 0.599. The van der Waals surface area contributed by atoms with Gasteiger partial charge in [0.05, 0.1) is 0 Å². The first-order valence-electron chi connectivity index (χ1n) is 10.1. The summed E-state index contributed by atoms with van der Waals surface area (Å²) in [5.41, 5.74) is 1.33. The second-order valence-corrected chi connectivity index (χ2v) is 7.21. The number of rotatable bonds is 11. The van der Waals surface area contributed by atoms with Crippen LogP contribution in [0.5, 0.6) is 5.75 Å². The predicted molar refractivity (Wildman–Crippen MR) is 109 cm³/mol. The summed E-state index contributed by atoms with van der Waals surface area (Å²) in [4.78, 5) is 14.3. The molecule has 1 saturated heterocycles. The molecule has 2 aromatic rings. The van der Waals surface area contributed by atoms with Gasteiger partial charge in [-0.05, 0) is 62.1 Å². The van der Waals surface area contributed by atoms with Crippen LogP contribution in [0, 0.1) is 5.82 Å². The first-order chi connectivity index (χ1) is 13.7. The summed E-state index contributed by atoms with van der Waals surface area (Å²) in [6, 6.07) is 16.8. The maximum Gasteiger partial charge on any atom is 0.222 e. The maximum atomic E-state index is 12.9. The van der Waals surface area contributed by atoms with E-state index >= 15 is 0 Å². The Kier molecular flexibility index (Phi) is 7.85. The van der Waals surface area contributed by atoms with Gasteiger partial charge in [0.1, 0.15) is 18.2 Å². The van der Waals surface area contributed by atoms with Crippen molar-refractivity contribution in [3.8, 4) is 5.75 Å². The minimum atomic E-state index is -0.259. The summed E-state index contributed by atoms with van der Waals surface area (Å²) in [5.74, 6) is 0.705. The molecule has 2 aromatic carbocycles. The zero-order chi connectivity index (χ0) is 19.6. The van der Waals surface area contributed by atoms with Crippen LogP contribution in [-0.4, -0.2) is 43.1 Å². The summed E-state index contributed by atoms with van der Waals surface area (Å²) in [6.07, 6.45) is 4.61. The Morgan fingerprint density at radius 2 is 1.86 bits per heavy atom. The summed E-state index contributed by atoms with van der Waals surface area (Å²) >= 11 is 0. The van der Waals surface area contributed by atoms with Crippen LogP contribution in [0.4, 0.5) is 4.39 Å². The van der Waals surface area contributed by atoms with Crippen LogP contribution in [0.1, 0.15) is 31.2 Å². The zero-order valence-electron chi connectivity index (χ0n) is 16.3. The van der Waals surface area contributed by atoms with E-state index in [0.29, 0.717) is 24.8 Å². The minimum absolute atomic E-state index is 0.259. The van der Waals surface area contributed by atoms with Gasteiger partial charge in [0, 0.05) is 25.6 Å². The van der Waals surface area contributed by atoms with E-state index in [-0.39, 0.29) is 11.7 Å². The van der Waals surface area contributed by atoms with E-state index < -0.39 is 0 Å². The Hall–Kier alpha value is -2.40. The Morgan fingerprint density at radius 3 is 2.64 bits per heavy atom. The van der Waals surface area contributed by atoms with Gasteiger partial charge in [-0.25, -0.2) is 4.39 Å². The average Bonchev–Trinajstić information content (AvgIpc) is 3.06. The highest BCUT2D eigenvalue weighted by Gasteiger charge is 2.29. The van der Waals surface area contributed by atoms with Gasteiger partial charge >= 0.3 is 0 Å². The number of carbonyl (C=O) groups excluding carboxylic acids is 1. The fourth-order valence-corrected chi connectivity index (χ4v) is 3.66. The number of benzene rings is 2. The summed E-state index contributed by atoms with van der Waals surface area (Å²) < 4.78 is 18.4. The topological polar surface area (TPSA) is 41.6 Å². The molecule has 1 unspecified atom stereocenters. The lowest BCUT2D eigenvalue weighted by Gasteiger charge is -2.25. The normalized spacial score (nSPS) is 16.5. The van der Waals surface area contributed by atoms with E-state index in [9.17, 15) is 9.18 Å². The molecular formula is C23H29FN2O2. The second kappa shape index (κ2) is 10.8. The van der Waals surface area contributed by atoms with Crippen molar-refractivity contribution in [3.05, 3.63) is 66.0 Å². The van der Waals surface area contributed by atoms with E-state index in [0.717, 1.165) is 45.3 Å². The van der Waals surface area contributed by atoms with Crippen LogP contribution in [-0.2, 0) is 11.2 Å². The van der Waals surface area contributed by atoms with Gasteiger partial charge in [0.15, 0.2) is 0 Å². The van der Waals surface area contributed by atoms with E-state index in [1.807, 2.05) is 6.07 Å². The fraction of sp³-hybridized carbons (Fsp3) is 0.435. The molecule has 150 valence electrons. The van der Waals surface area contributed by atoms with Gasteiger partial charge in [0.25, 0.3) is 0 Å². The molecule has 1 heterocycles. The highest BCUT2D eigenvalue weighted by molar-refractivity contribution is 5.78. The number of likely N-dealkylation sites (tertiary alicyclic amines) is 1. The second-order valence-electron chi connectivity index (χ2n) is 7.21. The molecule has 1 aliphatic rings. The molecule has 1 fully saturated rings. The standard InChI is InChI=1S/C23H29FN2O2/c24-20-8-11-22(12-9-20)28-18-16-25-15-14-21-10-13-23(27)26(21)17-4-7-19-5-2-1-3-6-19/h1-3,5-6,8-9,11-12,21,25H,4,7,10,13-18H2. The van der Waals surface area contributed by atoms with Crippen LogP contribution >= 0.6 is 0 Å². The molecule has 1 amide bonds. The molecule has 0 saturated carbocycles. The number of nitrogens with one attached hydrogen (secondary N) is 1. The van der Waals surface area contributed by atoms with Gasteiger partial charge in [-0.1, -0.05) is 30.3 Å². The number of hydrogen-bond acceptors (Lipinski definition) is 3. The number of halogens is 1. The number of nitrogens with zero attached hydrogens (tertiary/aromatic N) is 1. The van der Waals surface area contributed by atoms with Crippen LogP contribution in [0.3, 0.4) is 0 Å². The smallest absolute Gasteiger partial charge is 0.222 e. The monoisotopic (exact) mass is 384 g/mol. The molecule has 0 spiro atoms. The predicted octanol–water partition coefficient (Wildman–Crippen LogP) is 3.81. The molecule has 0 aromatic heterocycles. The van der Waals surface area contributed by atoms with E-state index in [1.165, 1.54) is 17.7 Å². The van der Waals surface area contributed by atoms with Crippen LogP contribution < -0.4 is 10.1 Å². The van der Waals surface area contributed by atoms with E-state index in [4.69, 9.17) is 4.74 Å². The summed E-state index contributed by atoms with van der Waals surface area (Å²) in [7, 11) is 0. The molecule has 4 nitrogen and oxygen atoms in total. The first-order valence-corrected chi connectivity index (χ1v) is 10.1. The third-order valence-corrected chi connectivity index (χ3v) is 5.18. The highest BCUT2D eigenvalue weighted by Crippen LogP contribution is 2.21. The molecule has 5 heteroatoms. The van der Waals surface area contributed by atoms with Crippen molar-refractivity contribution in [2.45, 2.75) is 38.1 Å². The summed E-state index contributed by atoms with van der Waals surface area (Å²) in [5, 5.41) is 3.37. The highest BCUT2D eigenvalue weighted by atomic mass is 19.1. The lowest BCUT2D eigenvalue weighted by molar-refractivity contribution is -0.129. The van der Waals surface area contributed by atoms with Crippen molar-refractivity contribution in [1.82, 2.24) is 10.2 Å². The molecule has 1 atom stereocenters. The van der Waals surface area contributed by atoms with Crippen molar-refractivity contribution in [2.75, 3.05) is 26.2 Å². The van der Waals surface area contributed by atoms with Gasteiger partial charge in [-0.3, -0.25) is 4.79 Å². The summed E-state index contributed by atoms with van der Waals surface area (Å²) in [6.45, 7) is 2.97. The minimum Gasteiger partial charge on any atom is -0.492 e. The third-order valence-electron chi connectivity index (χ3n) is 5.18. The molecule has 0 bridgehead atoms. The van der Waals surface area contributed by atoms with Crippen molar-refractivity contribution in [1.29, 1.82) is 0 Å². The van der Waals surface area contributed by atoms with Gasteiger partial charge in [-0.2, -0.15) is 0 Å². The largest absolute Gasteiger partial charge is 0.492 e. The SMILES string of the molecule is O=C1CCC(CCNCCOc2ccc(F)cc2)N1CCCc1ccccc1.